The predicted molar refractivity (Wildman–Crippen MR) is 85.3 cm³/mol. The van der Waals surface area contributed by atoms with E-state index in [4.69, 9.17) is 16.3 Å². The molecule has 0 aliphatic carbocycles. The minimum absolute atomic E-state index is 0.0379. The van der Waals surface area contributed by atoms with E-state index in [-0.39, 0.29) is 19.2 Å². The van der Waals surface area contributed by atoms with Crippen LogP contribution in [0.25, 0.3) is 11.0 Å². The Morgan fingerprint density at radius 2 is 2.27 bits per heavy atom. The number of halogens is 1. The molecule has 0 fully saturated rings. The standard InChI is InChI=1S/C15H13ClN2O3S/c16-10-3-4-11-12(8-10)18(5-6-19)14(17-11)9-21-15(20)13-2-1-7-22-13/h1-4,7-8,19H,5-6,9H2. The maximum Gasteiger partial charge on any atom is 0.348 e. The zero-order chi connectivity index (χ0) is 15.5. The average molecular weight is 337 g/mol. The first-order valence-corrected chi connectivity index (χ1v) is 7.91. The van der Waals surface area contributed by atoms with Crippen molar-refractivity contribution in [2.45, 2.75) is 13.2 Å². The summed E-state index contributed by atoms with van der Waals surface area (Å²) >= 11 is 7.34. The maximum atomic E-state index is 11.9. The summed E-state index contributed by atoms with van der Waals surface area (Å²) in [5.74, 6) is 0.201. The van der Waals surface area contributed by atoms with Gasteiger partial charge in [-0.05, 0) is 29.6 Å². The van der Waals surface area contributed by atoms with Gasteiger partial charge in [0.25, 0.3) is 0 Å². The third-order valence-electron chi connectivity index (χ3n) is 3.17. The third kappa shape index (κ3) is 2.99. The van der Waals surface area contributed by atoms with E-state index in [2.05, 4.69) is 4.98 Å². The second-order valence-electron chi connectivity index (χ2n) is 4.59. The van der Waals surface area contributed by atoms with Crippen LogP contribution in [-0.4, -0.2) is 27.2 Å². The third-order valence-corrected chi connectivity index (χ3v) is 4.25. The van der Waals surface area contributed by atoms with Crippen LogP contribution >= 0.6 is 22.9 Å². The van der Waals surface area contributed by atoms with Crippen LogP contribution in [0.5, 0.6) is 0 Å². The number of carbonyl (C=O) groups is 1. The molecular weight excluding hydrogens is 324 g/mol. The molecular formula is C15H13ClN2O3S. The average Bonchev–Trinajstić information content (AvgIpc) is 3.14. The highest BCUT2D eigenvalue weighted by molar-refractivity contribution is 7.11. The number of benzene rings is 1. The molecule has 7 heteroatoms. The lowest BCUT2D eigenvalue weighted by Gasteiger charge is -2.08. The highest BCUT2D eigenvalue weighted by Gasteiger charge is 2.14. The molecule has 114 valence electrons. The highest BCUT2D eigenvalue weighted by atomic mass is 35.5. The number of aromatic nitrogens is 2. The Morgan fingerprint density at radius 1 is 1.41 bits per heavy atom. The molecule has 0 amide bonds. The van der Waals surface area contributed by atoms with Gasteiger partial charge in [-0.3, -0.25) is 0 Å². The molecule has 0 unspecified atom stereocenters. The lowest BCUT2D eigenvalue weighted by molar-refractivity contribution is 0.0463. The highest BCUT2D eigenvalue weighted by Crippen LogP contribution is 2.21. The molecule has 0 bridgehead atoms. The van der Waals surface area contributed by atoms with E-state index in [1.54, 1.807) is 30.3 Å². The molecule has 5 nitrogen and oxygen atoms in total. The van der Waals surface area contributed by atoms with Crippen molar-refractivity contribution in [2.24, 2.45) is 0 Å². The van der Waals surface area contributed by atoms with Gasteiger partial charge >= 0.3 is 5.97 Å². The summed E-state index contributed by atoms with van der Waals surface area (Å²) in [6.45, 7) is 0.371. The number of aliphatic hydroxyl groups is 1. The fraction of sp³-hybridized carbons (Fsp3) is 0.200. The summed E-state index contributed by atoms with van der Waals surface area (Å²) in [7, 11) is 0. The lowest BCUT2D eigenvalue weighted by Crippen LogP contribution is -2.11. The summed E-state index contributed by atoms with van der Waals surface area (Å²) < 4.78 is 7.10. The largest absolute Gasteiger partial charge is 0.453 e. The van der Waals surface area contributed by atoms with Crippen LogP contribution in [0.3, 0.4) is 0 Å². The quantitative estimate of drug-likeness (QED) is 0.727. The minimum Gasteiger partial charge on any atom is -0.453 e. The van der Waals surface area contributed by atoms with Crippen LogP contribution in [0.2, 0.25) is 5.02 Å². The number of fused-ring (bicyclic) bond motifs is 1. The molecule has 0 aliphatic rings. The van der Waals surface area contributed by atoms with E-state index >= 15 is 0 Å². The Hall–Kier alpha value is -1.89. The van der Waals surface area contributed by atoms with Crippen molar-refractivity contribution >= 4 is 39.9 Å². The van der Waals surface area contributed by atoms with Crippen molar-refractivity contribution in [2.75, 3.05) is 6.61 Å². The number of carbonyl (C=O) groups excluding carboxylic acids is 1. The van der Waals surface area contributed by atoms with E-state index in [0.717, 1.165) is 11.0 Å². The maximum absolute atomic E-state index is 11.9. The summed E-state index contributed by atoms with van der Waals surface area (Å²) in [5.41, 5.74) is 1.56. The zero-order valence-corrected chi connectivity index (χ0v) is 13.1. The second-order valence-corrected chi connectivity index (χ2v) is 5.97. The van der Waals surface area contributed by atoms with Crippen molar-refractivity contribution in [3.8, 4) is 0 Å². The summed E-state index contributed by atoms with van der Waals surface area (Å²) in [4.78, 5) is 16.9. The number of imidazole rings is 1. The number of aliphatic hydroxyl groups excluding tert-OH is 1. The number of thiophene rings is 1. The van der Waals surface area contributed by atoms with Gasteiger partial charge in [-0.1, -0.05) is 17.7 Å². The first-order valence-electron chi connectivity index (χ1n) is 6.65. The van der Waals surface area contributed by atoms with Gasteiger partial charge in [0.15, 0.2) is 0 Å². The van der Waals surface area contributed by atoms with Gasteiger partial charge in [0.2, 0.25) is 0 Å². The molecule has 0 atom stereocenters. The number of nitrogens with zero attached hydrogens (tertiary/aromatic N) is 2. The van der Waals surface area contributed by atoms with E-state index in [1.807, 2.05) is 9.95 Å². The molecule has 3 aromatic rings. The first-order chi connectivity index (χ1) is 10.7. The normalized spacial score (nSPS) is 11.0. The Kier molecular flexibility index (Phi) is 4.42. The molecule has 22 heavy (non-hydrogen) atoms. The summed E-state index contributed by atoms with van der Waals surface area (Å²) in [6, 6.07) is 8.84. The SMILES string of the molecule is O=C(OCc1nc2ccc(Cl)cc2n1CCO)c1cccs1. The van der Waals surface area contributed by atoms with Gasteiger partial charge in [-0.2, -0.15) is 0 Å². The van der Waals surface area contributed by atoms with Crippen molar-refractivity contribution < 1.29 is 14.6 Å². The fourth-order valence-electron chi connectivity index (χ4n) is 2.20. The van der Waals surface area contributed by atoms with E-state index in [1.165, 1.54) is 11.3 Å². The van der Waals surface area contributed by atoms with Crippen LogP contribution in [0.1, 0.15) is 15.5 Å². The topological polar surface area (TPSA) is 64.3 Å². The molecule has 0 saturated heterocycles. The number of rotatable bonds is 5. The molecule has 2 heterocycles. The number of hydrogen-bond donors (Lipinski definition) is 1. The minimum atomic E-state index is -0.379. The van der Waals surface area contributed by atoms with Gasteiger partial charge in [0.05, 0.1) is 17.6 Å². The van der Waals surface area contributed by atoms with Gasteiger partial charge < -0.3 is 14.4 Å². The van der Waals surface area contributed by atoms with Gasteiger partial charge in [0, 0.05) is 11.6 Å². The predicted octanol–water partition coefficient (Wildman–Crippen LogP) is 3.10. The van der Waals surface area contributed by atoms with Gasteiger partial charge in [-0.25, -0.2) is 9.78 Å². The molecule has 0 aliphatic heterocycles. The zero-order valence-electron chi connectivity index (χ0n) is 11.5. The summed E-state index contributed by atoms with van der Waals surface area (Å²) in [5, 5.41) is 11.6. The van der Waals surface area contributed by atoms with Gasteiger partial charge in [-0.15, -0.1) is 11.3 Å². The van der Waals surface area contributed by atoms with Crippen LogP contribution in [0.4, 0.5) is 0 Å². The Bertz CT molecular complexity index is 799. The van der Waals surface area contributed by atoms with E-state index in [9.17, 15) is 9.90 Å². The van der Waals surface area contributed by atoms with Crippen LogP contribution in [0, 0.1) is 0 Å². The molecule has 0 spiro atoms. The molecule has 1 aromatic carbocycles. The van der Waals surface area contributed by atoms with Crippen LogP contribution < -0.4 is 0 Å². The Labute approximate surface area is 135 Å². The Balaban J connectivity index is 1.86. The Morgan fingerprint density at radius 3 is 3.00 bits per heavy atom. The van der Waals surface area contributed by atoms with Crippen molar-refractivity contribution in [3.05, 3.63) is 51.4 Å². The smallest absolute Gasteiger partial charge is 0.348 e. The molecule has 0 radical (unpaired) electrons. The number of ether oxygens (including phenoxy) is 1. The van der Waals surface area contributed by atoms with E-state index in [0.29, 0.717) is 22.3 Å². The molecule has 2 aromatic heterocycles. The second kappa shape index (κ2) is 6.48. The first kappa shape index (κ1) is 15.0. The van der Waals surface area contributed by atoms with Crippen molar-refractivity contribution in [1.82, 2.24) is 9.55 Å². The number of esters is 1. The summed E-state index contributed by atoms with van der Waals surface area (Å²) in [6.07, 6.45) is 0. The van der Waals surface area contributed by atoms with Crippen molar-refractivity contribution in [3.63, 3.8) is 0 Å². The molecule has 3 rings (SSSR count). The monoisotopic (exact) mass is 336 g/mol. The van der Waals surface area contributed by atoms with Crippen LogP contribution in [-0.2, 0) is 17.9 Å². The van der Waals surface area contributed by atoms with E-state index < -0.39 is 0 Å². The lowest BCUT2D eigenvalue weighted by atomic mass is 10.3. The molecule has 0 saturated carbocycles. The molecule has 1 N–H and O–H groups in total. The van der Waals surface area contributed by atoms with Gasteiger partial charge in [0.1, 0.15) is 17.3 Å². The number of hydrogen-bond acceptors (Lipinski definition) is 5. The van der Waals surface area contributed by atoms with Crippen LogP contribution in [0.15, 0.2) is 35.7 Å². The fourth-order valence-corrected chi connectivity index (χ4v) is 2.98. The van der Waals surface area contributed by atoms with Crippen molar-refractivity contribution in [1.29, 1.82) is 0 Å².